The zero-order valence-electron chi connectivity index (χ0n) is 29.5. The standard InChI is InChI=1S/C42H58N4O2/c1-42(2,41(48)44-31-17-13-29(14-18-31)24-26-46-38-21-22-39(46)35-10-6-5-9-34(35)38)27-40(47)43-30-15-11-28(12-16-30)23-25-45-36-19-20-37(45)33-8-4-3-7-32(33)36/h3-10,28-31,36-39H,11-27H2,1-2H3,(H,43,47)(H,44,48)/t28?,29?,30?,31?,36-,37+,38-,39+. The molecule has 0 radical (unpaired) electrons. The third-order valence-electron chi connectivity index (χ3n) is 13.7. The molecule has 2 aliphatic carbocycles. The third kappa shape index (κ3) is 6.37. The van der Waals surface area contributed by atoms with Crippen molar-refractivity contribution in [3.05, 3.63) is 70.8 Å². The van der Waals surface area contributed by atoms with E-state index in [1.807, 2.05) is 13.8 Å². The van der Waals surface area contributed by atoms with Gasteiger partial charge in [-0.3, -0.25) is 19.4 Å². The molecule has 0 aromatic heterocycles. The molecule has 0 spiro atoms. The van der Waals surface area contributed by atoms with E-state index >= 15 is 0 Å². The molecular formula is C42H58N4O2. The third-order valence-corrected chi connectivity index (χ3v) is 13.7. The monoisotopic (exact) mass is 650 g/mol. The fraction of sp³-hybridized carbons (Fsp3) is 0.667. The van der Waals surface area contributed by atoms with Crippen LogP contribution in [0.15, 0.2) is 48.5 Å². The largest absolute Gasteiger partial charge is 0.353 e. The lowest BCUT2D eigenvalue weighted by Crippen LogP contribution is -2.47. The summed E-state index contributed by atoms with van der Waals surface area (Å²) in [6.07, 6.45) is 17.0. The maximum Gasteiger partial charge on any atom is 0.226 e. The van der Waals surface area contributed by atoms with E-state index in [4.69, 9.17) is 0 Å². The van der Waals surface area contributed by atoms with Gasteiger partial charge in [-0.05, 0) is 137 Å². The molecule has 4 bridgehead atoms. The Bertz CT molecular complexity index is 1410. The van der Waals surface area contributed by atoms with Crippen molar-refractivity contribution in [2.75, 3.05) is 13.1 Å². The number of amides is 2. The van der Waals surface area contributed by atoms with Crippen molar-refractivity contribution in [1.29, 1.82) is 0 Å². The van der Waals surface area contributed by atoms with Crippen LogP contribution < -0.4 is 10.6 Å². The zero-order valence-corrected chi connectivity index (χ0v) is 29.5. The molecule has 6 aliphatic rings. The van der Waals surface area contributed by atoms with Crippen molar-refractivity contribution < 1.29 is 9.59 Å². The molecule has 4 fully saturated rings. The second-order valence-electron chi connectivity index (χ2n) is 17.1. The molecule has 4 atom stereocenters. The van der Waals surface area contributed by atoms with Gasteiger partial charge in [0.2, 0.25) is 11.8 Å². The van der Waals surface area contributed by atoms with Gasteiger partial charge in [-0.2, -0.15) is 0 Å². The van der Waals surface area contributed by atoms with Crippen molar-refractivity contribution in [2.45, 2.75) is 146 Å². The number of carbonyl (C=O) groups excluding carboxylic acids is 2. The second-order valence-corrected chi connectivity index (χ2v) is 17.1. The number of nitrogens with one attached hydrogen (secondary N) is 2. The van der Waals surface area contributed by atoms with Crippen LogP contribution in [0.3, 0.4) is 0 Å². The summed E-state index contributed by atoms with van der Waals surface area (Å²) < 4.78 is 0. The summed E-state index contributed by atoms with van der Waals surface area (Å²) in [5, 5.41) is 6.66. The number of hydrogen-bond donors (Lipinski definition) is 2. The van der Waals surface area contributed by atoms with Crippen LogP contribution >= 0.6 is 0 Å². The summed E-state index contributed by atoms with van der Waals surface area (Å²) in [7, 11) is 0. The highest BCUT2D eigenvalue weighted by atomic mass is 16.2. The second kappa shape index (κ2) is 13.5. The van der Waals surface area contributed by atoms with Gasteiger partial charge in [0.1, 0.15) is 0 Å². The van der Waals surface area contributed by atoms with Gasteiger partial charge in [0, 0.05) is 42.7 Å². The Labute approximate surface area is 288 Å². The van der Waals surface area contributed by atoms with Crippen LogP contribution in [0.5, 0.6) is 0 Å². The van der Waals surface area contributed by atoms with Crippen molar-refractivity contribution in [1.82, 2.24) is 20.4 Å². The highest BCUT2D eigenvalue weighted by Crippen LogP contribution is 2.54. The number of fused-ring (bicyclic) bond motifs is 10. The minimum atomic E-state index is -0.700. The molecule has 4 heterocycles. The Morgan fingerprint density at radius 2 is 0.958 bits per heavy atom. The first-order valence-corrected chi connectivity index (χ1v) is 19.6. The van der Waals surface area contributed by atoms with E-state index in [-0.39, 0.29) is 30.3 Å². The molecule has 2 saturated heterocycles. The predicted molar refractivity (Wildman–Crippen MR) is 191 cm³/mol. The Balaban J connectivity index is 0.719. The lowest BCUT2D eigenvalue weighted by atomic mass is 9.82. The first-order chi connectivity index (χ1) is 23.3. The fourth-order valence-corrected chi connectivity index (χ4v) is 10.9. The molecule has 258 valence electrons. The molecule has 6 nitrogen and oxygen atoms in total. The van der Waals surface area contributed by atoms with Crippen LogP contribution in [0.2, 0.25) is 0 Å². The van der Waals surface area contributed by atoms with Crippen molar-refractivity contribution >= 4 is 11.8 Å². The molecule has 6 heteroatoms. The van der Waals surface area contributed by atoms with E-state index in [1.54, 1.807) is 22.3 Å². The van der Waals surface area contributed by atoms with Gasteiger partial charge in [-0.25, -0.2) is 0 Å². The average molecular weight is 651 g/mol. The number of hydrogen-bond acceptors (Lipinski definition) is 4. The van der Waals surface area contributed by atoms with Crippen molar-refractivity contribution in [3.63, 3.8) is 0 Å². The van der Waals surface area contributed by atoms with Crippen molar-refractivity contribution in [3.8, 4) is 0 Å². The topological polar surface area (TPSA) is 64.7 Å². The summed E-state index contributed by atoms with van der Waals surface area (Å²) >= 11 is 0. The molecule has 2 N–H and O–H groups in total. The van der Waals surface area contributed by atoms with E-state index in [9.17, 15) is 9.59 Å². The first-order valence-electron chi connectivity index (χ1n) is 19.6. The van der Waals surface area contributed by atoms with Gasteiger partial charge in [-0.1, -0.05) is 62.4 Å². The van der Waals surface area contributed by atoms with Crippen LogP contribution in [0.4, 0.5) is 0 Å². The smallest absolute Gasteiger partial charge is 0.226 e. The summed E-state index contributed by atoms with van der Waals surface area (Å²) in [6.45, 7) is 6.28. The molecular weight excluding hydrogens is 592 g/mol. The van der Waals surface area contributed by atoms with Crippen LogP contribution in [0.1, 0.15) is 157 Å². The Morgan fingerprint density at radius 1 is 0.583 bits per heavy atom. The van der Waals surface area contributed by atoms with E-state index in [0.29, 0.717) is 24.2 Å². The molecule has 0 unspecified atom stereocenters. The molecule has 2 aromatic rings. The van der Waals surface area contributed by atoms with Crippen molar-refractivity contribution in [2.24, 2.45) is 17.3 Å². The number of benzene rings is 2. The lowest BCUT2D eigenvalue weighted by Gasteiger charge is -2.34. The molecule has 8 rings (SSSR count). The maximum atomic E-state index is 13.4. The molecule has 48 heavy (non-hydrogen) atoms. The molecule has 4 aliphatic heterocycles. The normalized spacial score (nSPS) is 32.6. The lowest BCUT2D eigenvalue weighted by molar-refractivity contribution is -0.135. The van der Waals surface area contributed by atoms with Gasteiger partial charge in [0.15, 0.2) is 0 Å². The molecule has 2 amide bonds. The van der Waals surface area contributed by atoms with E-state index in [0.717, 1.165) is 37.5 Å². The maximum absolute atomic E-state index is 13.4. The molecule has 2 aromatic carbocycles. The van der Waals surface area contributed by atoms with Gasteiger partial charge in [0.25, 0.3) is 0 Å². The van der Waals surface area contributed by atoms with Crippen LogP contribution in [-0.4, -0.2) is 46.8 Å². The number of rotatable bonds is 11. The van der Waals surface area contributed by atoms with Gasteiger partial charge in [-0.15, -0.1) is 0 Å². The predicted octanol–water partition coefficient (Wildman–Crippen LogP) is 8.32. The highest BCUT2D eigenvalue weighted by Gasteiger charge is 2.44. The Morgan fingerprint density at radius 3 is 1.35 bits per heavy atom. The zero-order chi connectivity index (χ0) is 32.8. The number of carbonyl (C=O) groups is 2. The summed E-state index contributed by atoms with van der Waals surface area (Å²) in [5.41, 5.74) is 5.60. The van der Waals surface area contributed by atoms with Crippen LogP contribution in [0.25, 0.3) is 0 Å². The van der Waals surface area contributed by atoms with Crippen LogP contribution in [-0.2, 0) is 9.59 Å². The average Bonchev–Trinajstić information content (AvgIpc) is 3.85. The Kier molecular flexibility index (Phi) is 9.17. The summed E-state index contributed by atoms with van der Waals surface area (Å²) in [5.74, 6) is 1.58. The number of nitrogens with zero attached hydrogens (tertiary/aromatic N) is 2. The fourth-order valence-electron chi connectivity index (χ4n) is 10.9. The van der Waals surface area contributed by atoms with E-state index in [1.165, 1.54) is 77.3 Å². The van der Waals surface area contributed by atoms with Gasteiger partial charge in [0.05, 0.1) is 5.41 Å². The quantitative estimate of drug-likeness (QED) is 0.257. The minimum absolute atomic E-state index is 0.0340. The van der Waals surface area contributed by atoms with Gasteiger partial charge < -0.3 is 10.6 Å². The summed E-state index contributed by atoms with van der Waals surface area (Å²) in [6, 6.07) is 21.2. The Hall–Kier alpha value is -2.70. The SMILES string of the molecule is CC(C)(CC(=O)NC1CCC(CCN2[C@@H]3CC[C@H]2c2ccccc23)CC1)C(=O)NC1CCC(CCN2[C@@H]3CC[C@H]2c2ccccc23)CC1. The van der Waals surface area contributed by atoms with Gasteiger partial charge >= 0.3 is 0 Å². The first kappa shape index (κ1) is 32.5. The highest BCUT2D eigenvalue weighted by molar-refractivity contribution is 5.88. The summed E-state index contributed by atoms with van der Waals surface area (Å²) in [4.78, 5) is 32.1. The molecule has 2 saturated carbocycles. The minimum Gasteiger partial charge on any atom is -0.353 e. The van der Waals surface area contributed by atoms with Crippen LogP contribution in [0, 0.1) is 17.3 Å². The van der Waals surface area contributed by atoms with E-state index < -0.39 is 5.41 Å². The van der Waals surface area contributed by atoms with E-state index in [2.05, 4.69) is 69.0 Å².